The molecule has 26 heavy (non-hydrogen) atoms. The second-order valence-electron chi connectivity index (χ2n) is 6.65. The number of hydrogen-bond donors (Lipinski definition) is 0. The number of ether oxygens (including phenoxy) is 2. The topological polar surface area (TPSA) is 38.8 Å². The maximum atomic E-state index is 12.7. The first-order chi connectivity index (χ1) is 12.4. The number of hydrogen-bond acceptors (Lipinski definition) is 4. The Morgan fingerprint density at radius 3 is 2.69 bits per heavy atom. The molecule has 2 heterocycles. The molecule has 0 bridgehead atoms. The van der Waals surface area contributed by atoms with Gasteiger partial charge in [-0.3, -0.25) is 9.69 Å². The molecule has 0 spiro atoms. The lowest BCUT2D eigenvalue weighted by atomic mass is 10.0. The van der Waals surface area contributed by atoms with Gasteiger partial charge in [0, 0.05) is 12.6 Å². The number of carbonyl (C=O) groups excluding carboxylic acids is 1. The number of allylic oxidation sites excluding steroid dienone is 1. The molecule has 2 aliphatic heterocycles. The van der Waals surface area contributed by atoms with Gasteiger partial charge in [-0.2, -0.15) is 0 Å². The molecule has 0 saturated carbocycles. The van der Waals surface area contributed by atoms with Crippen molar-refractivity contribution in [1.29, 1.82) is 0 Å². The van der Waals surface area contributed by atoms with Crippen molar-refractivity contribution in [2.45, 2.75) is 26.4 Å². The molecule has 134 valence electrons. The third-order valence-electron chi connectivity index (χ3n) is 4.62. The fourth-order valence-corrected chi connectivity index (χ4v) is 3.37. The second-order valence-corrected chi connectivity index (χ2v) is 7.46. The molecule has 0 amide bonds. The molecular formula is C20H17Cl2NO3. The van der Waals surface area contributed by atoms with Gasteiger partial charge < -0.3 is 9.47 Å². The fraction of sp³-hybridized carbons (Fsp3) is 0.250. The molecule has 0 radical (unpaired) electrons. The van der Waals surface area contributed by atoms with Gasteiger partial charge in [-0.05, 0) is 49.8 Å². The molecule has 0 saturated heterocycles. The van der Waals surface area contributed by atoms with Crippen LogP contribution in [-0.4, -0.2) is 23.5 Å². The number of rotatable bonds is 2. The number of nitrogens with zero attached hydrogens (tertiary/aromatic N) is 1. The van der Waals surface area contributed by atoms with E-state index in [0.29, 0.717) is 40.7 Å². The van der Waals surface area contributed by atoms with E-state index in [2.05, 4.69) is 18.7 Å². The number of fused-ring (bicyclic) bond motifs is 3. The minimum Gasteiger partial charge on any atom is -0.478 e. The summed E-state index contributed by atoms with van der Waals surface area (Å²) in [5, 5.41) is 0.901. The summed E-state index contributed by atoms with van der Waals surface area (Å²) in [4.78, 5) is 14.9. The Morgan fingerprint density at radius 1 is 1.15 bits per heavy atom. The first-order valence-corrected chi connectivity index (χ1v) is 9.11. The van der Waals surface area contributed by atoms with Crippen molar-refractivity contribution < 1.29 is 14.3 Å². The van der Waals surface area contributed by atoms with Crippen LogP contribution < -0.4 is 9.47 Å². The van der Waals surface area contributed by atoms with Crippen molar-refractivity contribution in [3.63, 3.8) is 0 Å². The lowest BCUT2D eigenvalue weighted by Crippen LogP contribution is -2.37. The third-order valence-corrected chi connectivity index (χ3v) is 5.36. The monoisotopic (exact) mass is 389 g/mol. The van der Waals surface area contributed by atoms with Crippen LogP contribution in [0.3, 0.4) is 0 Å². The summed E-state index contributed by atoms with van der Waals surface area (Å²) < 4.78 is 11.8. The van der Waals surface area contributed by atoms with E-state index in [0.717, 1.165) is 16.9 Å². The summed E-state index contributed by atoms with van der Waals surface area (Å²) >= 11 is 12.0. The standard InChI is InChI=1S/C20H17Cl2NO3/c1-11(2)23-9-14-17(25-10-23)6-4-13-19(24)18(26-20(13)14)8-12-3-5-15(21)16(22)7-12/h3-8,11H,9-10H2,1-2H3/b18-8-. The highest BCUT2D eigenvalue weighted by Gasteiger charge is 2.34. The maximum absolute atomic E-state index is 12.7. The maximum Gasteiger partial charge on any atom is 0.231 e. The van der Waals surface area contributed by atoms with Crippen LogP contribution in [0.15, 0.2) is 36.1 Å². The molecule has 0 aliphatic carbocycles. The summed E-state index contributed by atoms with van der Waals surface area (Å²) in [6.45, 7) is 5.44. The zero-order valence-corrected chi connectivity index (χ0v) is 15.9. The molecule has 6 heteroatoms. The summed E-state index contributed by atoms with van der Waals surface area (Å²) in [7, 11) is 0. The van der Waals surface area contributed by atoms with Crippen LogP contribution in [0.4, 0.5) is 0 Å². The summed E-state index contributed by atoms with van der Waals surface area (Å²) in [5.74, 6) is 1.48. The van der Waals surface area contributed by atoms with Gasteiger partial charge in [0.1, 0.15) is 18.2 Å². The smallest absolute Gasteiger partial charge is 0.231 e. The van der Waals surface area contributed by atoms with Crippen LogP contribution in [0.5, 0.6) is 11.5 Å². The molecule has 0 aromatic heterocycles. The minimum absolute atomic E-state index is 0.143. The Labute approximate surface area is 161 Å². The molecule has 2 aromatic carbocycles. The Balaban J connectivity index is 1.70. The van der Waals surface area contributed by atoms with Crippen molar-refractivity contribution in [2.24, 2.45) is 0 Å². The number of carbonyl (C=O) groups is 1. The molecule has 0 unspecified atom stereocenters. The third kappa shape index (κ3) is 2.98. The van der Waals surface area contributed by atoms with Crippen molar-refractivity contribution >= 4 is 35.1 Å². The van der Waals surface area contributed by atoms with E-state index in [1.54, 1.807) is 30.3 Å². The minimum atomic E-state index is -0.143. The van der Waals surface area contributed by atoms with Crippen LogP contribution in [-0.2, 0) is 6.54 Å². The van der Waals surface area contributed by atoms with E-state index in [4.69, 9.17) is 32.7 Å². The van der Waals surface area contributed by atoms with E-state index in [-0.39, 0.29) is 11.5 Å². The van der Waals surface area contributed by atoms with Gasteiger partial charge in [0.25, 0.3) is 0 Å². The molecule has 2 aromatic rings. The normalized spacial score (nSPS) is 17.9. The van der Waals surface area contributed by atoms with E-state index in [9.17, 15) is 4.79 Å². The summed E-state index contributed by atoms with van der Waals surface area (Å²) in [5.41, 5.74) is 2.22. The number of Topliss-reactive ketones (excluding diaryl/α,β-unsaturated/α-hetero) is 1. The van der Waals surface area contributed by atoms with E-state index >= 15 is 0 Å². The van der Waals surface area contributed by atoms with Gasteiger partial charge in [0.15, 0.2) is 5.76 Å². The van der Waals surface area contributed by atoms with Gasteiger partial charge in [0.2, 0.25) is 5.78 Å². The Bertz CT molecular complexity index is 937. The second kappa shape index (κ2) is 6.62. The van der Waals surface area contributed by atoms with Gasteiger partial charge in [0.05, 0.1) is 21.2 Å². The van der Waals surface area contributed by atoms with Gasteiger partial charge >= 0.3 is 0 Å². The highest BCUT2D eigenvalue weighted by Crippen LogP contribution is 2.42. The van der Waals surface area contributed by atoms with Crippen LogP contribution in [0.1, 0.15) is 35.3 Å². The van der Waals surface area contributed by atoms with Gasteiger partial charge in [-0.1, -0.05) is 29.3 Å². The van der Waals surface area contributed by atoms with Crippen LogP contribution >= 0.6 is 23.2 Å². The first-order valence-electron chi connectivity index (χ1n) is 8.36. The lowest BCUT2D eigenvalue weighted by Gasteiger charge is -2.32. The number of benzene rings is 2. The van der Waals surface area contributed by atoms with Crippen molar-refractivity contribution in [3.05, 3.63) is 62.8 Å². The number of ketones is 1. The molecule has 2 aliphatic rings. The predicted octanol–water partition coefficient (Wildman–Crippen LogP) is 5.17. The lowest BCUT2D eigenvalue weighted by molar-refractivity contribution is 0.0674. The van der Waals surface area contributed by atoms with E-state index in [1.807, 2.05) is 6.07 Å². The molecular weight excluding hydrogens is 373 g/mol. The zero-order valence-electron chi connectivity index (χ0n) is 14.4. The first kappa shape index (κ1) is 17.4. The largest absolute Gasteiger partial charge is 0.478 e. The highest BCUT2D eigenvalue weighted by molar-refractivity contribution is 6.42. The van der Waals surface area contributed by atoms with Crippen LogP contribution in [0.2, 0.25) is 10.0 Å². The summed E-state index contributed by atoms with van der Waals surface area (Å²) in [6.07, 6.45) is 1.68. The molecule has 0 N–H and O–H groups in total. The SMILES string of the molecule is CC(C)N1COc2ccc3c(c2C1)O/C(=C\c1ccc(Cl)c(Cl)c1)C3=O. The summed E-state index contributed by atoms with van der Waals surface area (Å²) in [6, 6.07) is 9.13. The average molecular weight is 390 g/mol. The average Bonchev–Trinajstić information content (AvgIpc) is 2.94. The molecule has 4 rings (SSSR count). The zero-order chi connectivity index (χ0) is 18.4. The fourth-order valence-electron chi connectivity index (χ4n) is 3.06. The van der Waals surface area contributed by atoms with Crippen LogP contribution in [0, 0.1) is 0 Å². The molecule has 0 atom stereocenters. The predicted molar refractivity (Wildman–Crippen MR) is 102 cm³/mol. The van der Waals surface area contributed by atoms with E-state index in [1.165, 1.54) is 0 Å². The van der Waals surface area contributed by atoms with Crippen molar-refractivity contribution in [1.82, 2.24) is 4.90 Å². The van der Waals surface area contributed by atoms with Crippen LogP contribution in [0.25, 0.3) is 6.08 Å². The Morgan fingerprint density at radius 2 is 1.96 bits per heavy atom. The van der Waals surface area contributed by atoms with Crippen molar-refractivity contribution in [2.75, 3.05) is 6.73 Å². The Hall–Kier alpha value is -2.01. The highest BCUT2D eigenvalue weighted by atomic mass is 35.5. The molecule has 0 fully saturated rings. The van der Waals surface area contributed by atoms with E-state index < -0.39 is 0 Å². The quantitative estimate of drug-likeness (QED) is 0.664. The van der Waals surface area contributed by atoms with Crippen molar-refractivity contribution in [3.8, 4) is 11.5 Å². The Kier molecular flexibility index (Phi) is 4.43. The van der Waals surface area contributed by atoms with Gasteiger partial charge in [-0.15, -0.1) is 0 Å². The molecule has 4 nitrogen and oxygen atoms in total. The number of halogens is 2. The van der Waals surface area contributed by atoms with Gasteiger partial charge in [-0.25, -0.2) is 0 Å².